The van der Waals surface area contributed by atoms with E-state index in [1.54, 1.807) is 0 Å². The summed E-state index contributed by atoms with van der Waals surface area (Å²) in [6, 6.07) is 3.46. The average Bonchev–Trinajstić information content (AvgIpc) is 2.72. The van der Waals surface area contributed by atoms with Crippen molar-refractivity contribution >= 4 is 10.0 Å². The summed E-state index contributed by atoms with van der Waals surface area (Å²) in [5.41, 5.74) is -0.864. The lowest BCUT2D eigenvalue weighted by Gasteiger charge is -2.35. The lowest BCUT2D eigenvalue weighted by molar-refractivity contribution is -0.137. The fourth-order valence-corrected chi connectivity index (χ4v) is 5.25. The largest absolute Gasteiger partial charge is 0.416 e. The van der Waals surface area contributed by atoms with Crippen LogP contribution in [-0.2, 0) is 20.9 Å². The van der Waals surface area contributed by atoms with Gasteiger partial charge in [0.2, 0.25) is 10.0 Å². The molecular weight excluding hydrogens is 429 g/mol. The Hall–Kier alpha value is -1.42. The molecule has 1 aliphatic carbocycles. The first-order valence-electron chi connectivity index (χ1n) is 10.5. The summed E-state index contributed by atoms with van der Waals surface area (Å²) in [6.07, 6.45) is 1.31. The van der Waals surface area contributed by atoms with E-state index in [9.17, 15) is 21.6 Å². The predicted molar refractivity (Wildman–Crippen MR) is 115 cm³/mol. The Balaban J connectivity index is 1.88. The maximum Gasteiger partial charge on any atom is 0.416 e. The van der Waals surface area contributed by atoms with Gasteiger partial charge in [-0.15, -0.1) is 6.58 Å². The normalized spacial score (nSPS) is 21.4. The maximum atomic E-state index is 12.9. The number of alkyl halides is 3. The molecule has 5 nitrogen and oxygen atoms in total. The van der Waals surface area contributed by atoms with E-state index in [1.165, 1.54) is 11.4 Å². The Labute approximate surface area is 183 Å². The van der Waals surface area contributed by atoms with Gasteiger partial charge in [0.05, 0.1) is 22.7 Å². The lowest BCUT2D eigenvalue weighted by Crippen LogP contribution is -2.41. The molecule has 9 heteroatoms. The van der Waals surface area contributed by atoms with E-state index >= 15 is 0 Å². The zero-order chi connectivity index (χ0) is 23.2. The first-order chi connectivity index (χ1) is 14.4. The molecule has 0 aliphatic heterocycles. The molecule has 0 spiro atoms. The molecule has 1 aromatic carbocycles. The predicted octanol–water partition coefficient (Wildman–Crippen LogP) is 4.55. The van der Waals surface area contributed by atoms with Gasteiger partial charge in [-0.1, -0.05) is 6.08 Å². The van der Waals surface area contributed by atoms with Crippen LogP contribution in [-0.4, -0.2) is 63.1 Å². The number of halogens is 3. The second-order valence-corrected chi connectivity index (χ2v) is 10.3. The lowest BCUT2D eigenvalue weighted by atomic mass is 9.93. The molecule has 0 heterocycles. The summed E-state index contributed by atoms with van der Waals surface area (Å²) in [6.45, 7) is 7.52. The van der Waals surface area contributed by atoms with E-state index in [-0.39, 0.29) is 23.1 Å². The quantitative estimate of drug-likeness (QED) is 0.479. The second-order valence-electron chi connectivity index (χ2n) is 8.26. The fourth-order valence-electron chi connectivity index (χ4n) is 3.83. The first kappa shape index (κ1) is 25.8. The van der Waals surface area contributed by atoms with Crippen molar-refractivity contribution in [3.05, 3.63) is 42.5 Å². The van der Waals surface area contributed by atoms with Crippen molar-refractivity contribution in [3.63, 3.8) is 0 Å². The highest BCUT2D eigenvalue weighted by molar-refractivity contribution is 7.89. The van der Waals surface area contributed by atoms with Crippen molar-refractivity contribution in [2.75, 3.05) is 27.2 Å². The van der Waals surface area contributed by atoms with Gasteiger partial charge in [0, 0.05) is 26.2 Å². The molecule has 1 saturated carbocycles. The van der Waals surface area contributed by atoms with Crippen LogP contribution in [0.1, 0.15) is 44.6 Å². The Bertz CT molecular complexity index is 804. The van der Waals surface area contributed by atoms with Crippen LogP contribution in [0.2, 0.25) is 0 Å². The SMILES string of the molecule is C=CCN(C)CCC(C)OC1CCC(N(C)S(=O)(=O)c2ccc(C(F)(F)F)cc2)CC1. The zero-order valence-electron chi connectivity index (χ0n) is 18.4. The third-order valence-corrected chi connectivity index (χ3v) is 7.72. The first-order valence-corrected chi connectivity index (χ1v) is 12.0. The molecule has 1 aliphatic rings. The number of nitrogens with zero attached hydrogens (tertiary/aromatic N) is 2. The van der Waals surface area contributed by atoms with Gasteiger partial charge < -0.3 is 9.64 Å². The van der Waals surface area contributed by atoms with Gasteiger partial charge in [-0.2, -0.15) is 17.5 Å². The van der Waals surface area contributed by atoms with Crippen LogP contribution >= 0.6 is 0 Å². The van der Waals surface area contributed by atoms with E-state index in [0.29, 0.717) is 12.8 Å². The highest BCUT2D eigenvalue weighted by Crippen LogP contribution is 2.32. The molecule has 0 radical (unpaired) electrons. The standard InChI is InChI=1S/C22H33F3N2O3S/c1-5-15-26(3)16-14-17(2)30-20-10-8-19(9-11-20)27(4)31(28,29)21-12-6-18(7-13-21)22(23,24)25/h5-7,12-13,17,19-20H,1,8-11,14-16H2,2-4H3. The van der Waals surface area contributed by atoms with Crippen molar-refractivity contribution in [1.82, 2.24) is 9.21 Å². The van der Waals surface area contributed by atoms with Crippen LogP contribution in [0.25, 0.3) is 0 Å². The van der Waals surface area contributed by atoms with E-state index in [4.69, 9.17) is 4.74 Å². The average molecular weight is 463 g/mol. The summed E-state index contributed by atoms with van der Waals surface area (Å²) < 4.78 is 71.3. The molecule has 1 fully saturated rings. The minimum Gasteiger partial charge on any atom is -0.375 e. The summed E-state index contributed by atoms with van der Waals surface area (Å²) in [5.74, 6) is 0. The van der Waals surface area contributed by atoms with Gasteiger partial charge in [0.15, 0.2) is 0 Å². The van der Waals surface area contributed by atoms with Crippen molar-refractivity contribution in [3.8, 4) is 0 Å². The number of rotatable bonds is 10. The van der Waals surface area contributed by atoms with Crippen LogP contribution in [0.15, 0.2) is 41.8 Å². The molecule has 0 saturated heterocycles. The fraction of sp³-hybridized carbons (Fsp3) is 0.636. The summed E-state index contributed by atoms with van der Waals surface area (Å²) in [5, 5.41) is 0. The summed E-state index contributed by atoms with van der Waals surface area (Å²) in [4.78, 5) is 2.05. The maximum absolute atomic E-state index is 12.9. The molecule has 1 atom stereocenters. The van der Waals surface area contributed by atoms with Crippen LogP contribution in [0, 0.1) is 0 Å². The third kappa shape index (κ3) is 7.30. The minimum absolute atomic E-state index is 0.0955. The van der Waals surface area contributed by atoms with Crippen molar-refractivity contribution in [1.29, 1.82) is 0 Å². The van der Waals surface area contributed by atoms with Crippen molar-refractivity contribution in [2.24, 2.45) is 0 Å². The van der Waals surface area contributed by atoms with Crippen molar-refractivity contribution in [2.45, 2.75) is 68.3 Å². The molecule has 1 aromatic rings. The molecule has 0 N–H and O–H groups in total. The monoisotopic (exact) mass is 462 g/mol. The van der Waals surface area contributed by atoms with Gasteiger partial charge in [0.25, 0.3) is 0 Å². The Kier molecular flexibility index (Phi) is 9.12. The van der Waals surface area contributed by atoms with Crippen molar-refractivity contribution < 1.29 is 26.3 Å². The number of hydrogen-bond acceptors (Lipinski definition) is 4. The van der Waals surface area contributed by atoms with Gasteiger partial charge >= 0.3 is 6.18 Å². The smallest absolute Gasteiger partial charge is 0.375 e. The summed E-state index contributed by atoms with van der Waals surface area (Å²) in [7, 11) is -0.322. The Morgan fingerprint density at radius 1 is 1.16 bits per heavy atom. The van der Waals surface area contributed by atoms with E-state index in [1.807, 2.05) is 13.1 Å². The zero-order valence-corrected chi connectivity index (χ0v) is 19.3. The number of ether oxygens (including phenoxy) is 1. The molecule has 2 rings (SSSR count). The number of hydrogen-bond donors (Lipinski definition) is 0. The van der Waals surface area contributed by atoms with Crippen LogP contribution < -0.4 is 0 Å². The van der Waals surface area contributed by atoms with E-state index in [2.05, 4.69) is 18.4 Å². The molecule has 31 heavy (non-hydrogen) atoms. The second kappa shape index (κ2) is 10.9. The molecule has 0 amide bonds. The number of likely N-dealkylation sites (N-methyl/N-ethyl adjacent to an activating group) is 1. The van der Waals surface area contributed by atoms with Crippen LogP contribution in [0.4, 0.5) is 13.2 Å². The van der Waals surface area contributed by atoms with Gasteiger partial charge in [-0.25, -0.2) is 8.42 Å². The molecule has 0 bridgehead atoms. The van der Waals surface area contributed by atoms with Gasteiger partial charge in [0.1, 0.15) is 0 Å². The van der Waals surface area contributed by atoms with Gasteiger partial charge in [-0.05, 0) is 70.3 Å². The number of sulfonamides is 1. The molecular formula is C22H33F3N2O3S. The van der Waals surface area contributed by atoms with E-state index < -0.39 is 21.8 Å². The number of benzene rings is 1. The highest BCUT2D eigenvalue weighted by atomic mass is 32.2. The van der Waals surface area contributed by atoms with E-state index in [0.717, 1.165) is 56.6 Å². The summed E-state index contributed by atoms with van der Waals surface area (Å²) >= 11 is 0. The minimum atomic E-state index is -4.50. The van der Waals surface area contributed by atoms with Gasteiger partial charge in [-0.3, -0.25) is 0 Å². The topological polar surface area (TPSA) is 49.9 Å². The van der Waals surface area contributed by atoms with Crippen LogP contribution in [0.5, 0.6) is 0 Å². The molecule has 0 aromatic heterocycles. The van der Waals surface area contributed by atoms with Crippen LogP contribution in [0.3, 0.4) is 0 Å². The Morgan fingerprint density at radius 3 is 2.26 bits per heavy atom. The molecule has 1 unspecified atom stereocenters. The highest BCUT2D eigenvalue weighted by Gasteiger charge is 2.34. The third-order valence-electron chi connectivity index (χ3n) is 5.80. The Morgan fingerprint density at radius 2 is 1.74 bits per heavy atom. The molecule has 176 valence electrons.